The standard InChI is InChI=1S/C11H13NO4/c1-6-3-4-8-7(11(15)16-2)5-9(13)10(14)12(6)8/h5-6,13H,3-4H2,1-2H3. The fourth-order valence-corrected chi connectivity index (χ4v) is 2.14. The van der Waals surface area contributed by atoms with Crippen molar-refractivity contribution in [2.75, 3.05) is 7.11 Å². The molecule has 1 aliphatic heterocycles. The number of aromatic nitrogens is 1. The molecule has 0 spiro atoms. The van der Waals surface area contributed by atoms with Gasteiger partial charge in [-0.3, -0.25) is 4.79 Å². The second-order valence-electron chi connectivity index (χ2n) is 3.94. The Morgan fingerprint density at radius 1 is 1.62 bits per heavy atom. The Hall–Kier alpha value is -1.78. The van der Waals surface area contributed by atoms with Crippen LogP contribution in [0.1, 0.15) is 35.4 Å². The second kappa shape index (κ2) is 3.66. The molecule has 2 heterocycles. The van der Waals surface area contributed by atoms with E-state index in [2.05, 4.69) is 4.74 Å². The number of carbonyl (C=O) groups is 1. The molecule has 1 unspecified atom stereocenters. The summed E-state index contributed by atoms with van der Waals surface area (Å²) in [6, 6.07) is 1.20. The molecule has 0 radical (unpaired) electrons. The molecule has 16 heavy (non-hydrogen) atoms. The Labute approximate surface area is 92.3 Å². The Morgan fingerprint density at radius 3 is 2.94 bits per heavy atom. The summed E-state index contributed by atoms with van der Waals surface area (Å²) in [6.45, 7) is 1.89. The van der Waals surface area contributed by atoms with Gasteiger partial charge in [0, 0.05) is 17.8 Å². The van der Waals surface area contributed by atoms with Crippen molar-refractivity contribution in [3.8, 4) is 5.75 Å². The van der Waals surface area contributed by atoms with Gasteiger partial charge in [0.25, 0.3) is 5.56 Å². The summed E-state index contributed by atoms with van der Waals surface area (Å²) in [4.78, 5) is 23.2. The van der Waals surface area contributed by atoms with Gasteiger partial charge in [0.1, 0.15) is 0 Å². The van der Waals surface area contributed by atoms with Gasteiger partial charge in [0.05, 0.1) is 12.7 Å². The molecule has 5 heteroatoms. The zero-order valence-electron chi connectivity index (χ0n) is 9.19. The number of esters is 1. The molecule has 1 aliphatic rings. The van der Waals surface area contributed by atoms with E-state index in [4.69, 9.17) is 0 Å². The summed E-state index contributed by atoms with van der Waals surface area (Å²) in [5.41, 5.74) is 0.499. The third-order valence-corrected chi connectivity index (χ3v) is 2.97. The van der Waals surface area contributed by atoms with Crippen LogP contribution >= 0.6 is 0 Å². The van der Waals surface area contributed by atoms with E-state index in [0.29, 0.717) is 12.1 Å². The van der Waals surface area contributed by atoms with Gasteiger partial charge in [-0.1, -0.05) is 0 Å². The molecule has 1 atom stereocenters. The lowest BCUT2D eigenvalue weighted by atomic mass is 10.1. The quantitative estimate of drug-likeness (QED) is 0.716. The summed E-state index contributed by atoms with van der Waals surface area (Å²) in [5.74, 6) is -0.925. The monoisotopic (exact) mass is 223 g/mol. The van der Waals surface area contributed by atoms with Crippen molar-refractivity contribution in [2.24, 2.45) is 0 Å². The topological polar surface area (TPSA) is 68.5 Å². The predicted molar refractivity (Wildman–Crippen MR) is 56.7 cm³/mol. The Balaban J connectivity index is 2.71. The van der Waals surface area contributed by atoms with Crippen molar-refractivity contribution in [1.82, 2.24) is 4.57 Å². The predicted octanol–water partition coefficient (Wildman–Crippen LogP) is 0.848. The number of fused-ring (bicyclic) bond motifs is 1. The minimum atomic E-state index is -0.520. The number of hydrogen-bond donors (Lipinski definition) is 1. The lowest BCUT2D eigenvalue weighted by Crippen LogP contribution is -2.24. The number of nitrogens with zero attached hydrogens (tertiary/aromatic N) is 1. The van der Waals surface area contributed by atoms with Crippen LogP contribution in [0.3, 0.4) is 0 Å². The van der Waals surface area contributed by atoms with E-state index in [1.807, 2.05) is 6.92 Å². The third-order valence-electron chi connectivity index (χ3n) is 2.97. The van der Waals surface area contributed by atoms with Crippen LogP contribution < -0.4 is 5.56 Å². The van der Waals surface area contributed by atoms with E-state index in [1.165, 1.54) is 17.7 Å². The van der Waals surface area contributed by atoms with Crippen LogP contribution in [-0.4, -0.2) is 22.8 Å². The lowest BCUT2D eigenvalue weighted by molar-refractivity contribution is 0.0598. The summed E-state index contributed by atoms with van der Waals surface area (Å²) in [6.07, 6.45) is 1.45. The number of hydrogen-bond acceptors (Lipinski definition) is 4. The molecule has 1 aromatic rings. The molecule has 0 saturated heterocycles. The highest BCUT2D eigenvalue weighted by Gasteiger charge is 2.27. The summed E-state index contributed by atoms with van der Waals surface area (Å²) >= 11 is 0. The molecule has 1 N–H and O–H groups in total. The molecule has 5 nitrogen and oxygen atoms in total. The molecular weight excluding hydrogens is 210 g/mol. The van der Waals surface area contributed by atoms with Crippen molar-refractivity contribution >= 4 is 5.97 Å². The average molecular weight is 223 g/mol. The van der Waals surface area contributed by atoms with Crippen LogP contribution in [-0.2, 0) is 11.2 Å². The van der Waals surface area contributed by atoms with Crippen LogP contribution in [0.4, 0.5) is 0 Å². The molecule has 0 aromatic carbocycles. The van der Waals surface area contributed by atoms with Gasteiger partial charge < -0.3 is 14.4 Å². The molecule has 2 rings (SSSR count). The van der Waals surface area contributed by atoms with Crippen molar-refractivity contribution < 1.29 is 14.6 Å². The van der Waals surface area contributed by atoms with Gasteiger partial charge in [-0.05, 0) is 19.8 Å². The van der Waals surface area contributed by atoms with Gasteiger partial charge >= 0.3 is 5.97 Å². The number of methoxy groups -OCH3 is 1. The SMILES string of the molecule is COC(=O)c1cc(O)c(=O)n2c1CCC2C. The number of carbonyl (C=O) groups excluding carboxylic acids is 1. The van der Waals surface area contributed by atoms with Crippen molar-refractivity contribution in [2.45, 2.75) is 25.8 Å². The van der Waals surface area contributed by atoms with Gasteiger partial charge in [-0.2, -0.15) is 0 Å². The summed E-state index contributed by atoms with van der Waals surface area (Å²) in [5, 5.41) is 9.49. The van der Waals surface area contributed by atoms with Crippen LogP contribution in [0, 0.1) is 0 Å². The van der Waals surface area contributed by atoms with Gasteiger partial charge in [0.15, 0.2) is 5.75 Å². The Bertz CT molecular complexity index is 503. The van der Waals surface area contributed by atoms with Gasteiger partial charge in [0.2, 0.25) is 0 Å². The maximum atomic E-state index is 11.7. The van der Waals surface area contributed by atoms with E-state index in [9.17, 15) is 14.7 Å². The highest BCUT2D eigenvalue weighted by atomic mass is 16.5. The smallest absolute Gasteiger partial charge is 0.339 e. The lowest BCUT2D eigenvalue weighted by Gasteiger charge is -2.12. The molecule has 86 valence electrons. The molecule has 0 amide bonds. The maximum Gasteiger partial charge on any atom is 0.339 e. The first-order valence-electron chi connectivity index (χ1n) is 5.12. The van der Waals surface area contributed by atoms with Crippen molar-refractivity contribution in [3.05, 3.63) is 27.7 Å². The third kappa shape index (κ3) is 1.39. The largest absolute Gasteiger partial charge is 0.503 e. The number of rotatable bonds is 1. The minimum absolute atomic E-state index is 0.0120. The number of ether oxygens (including phenoxy) is 1. The van der Waals surface area contributed by atoms with Gasteiger partial charge in [-0.15, -0.1) is 0 Å². The van der Waals surface area contributed by atoms with Crippen LogP contribution in [0.15, 0.2) is 10.9 Å². The van der Waals surface area contributed by atoms with E-state index >= 15 is 0 Å². The first-order valence-corrected chi connectivity index (χ1v) is 5.12. The molecule has 0 saturated carbocycles. The summed E-state index contributed by atoms with van der Waals surface area (Å²) < 4.78 is 6.10. The van der Waals surface area contributed by atoms with Crippen LogP contribution in [0.25, 0.3) is 0 Å². The van der Waals surface area contributed by atoms with E-state index in [0.717, 1.165) is 6.42 Å². The first kappa shape index (κ1) is 10.7. The molecule has 0 aliphatic carbocycles. The second-order valence-corrected chi connectivity index (χ2v) is 3.94. The summed E-state index contributed by atoms with van der Waals surface area (Å²) in [7, 11) is 1.28. The fourth-order valence-electron chi connectivity index (χ4n) is 2.14. The zero-order chi connectivity index (χ0) is 11.9. The van der Waals surface area contributed by atoms with Gasteiger partial charge in [-0.25, -0.2) is 4.79 Å². The Morgan fingerprint density at radius 2 is 2.31 bits per heavy atom. The van der Waals surface area contributed by atoms with E-state index in [1.54, 1.807) is 0 Å². The average Bonchev–Trinajstić information content (AvgIpc) is 2.65. The van der Waals surface area contributed by atoms with E-state index < -0.39 is 17.3 Å². The van der Waals surface area contributed by atoms with Crippen LogP contribution in [0.5, 0.6) is 5.75 Å². The fraction of sp³-hybridized carbons (Fsp3) is 0.455. The Kier molecular flexibility index (Phi) is 2.46. The highest BCUT2D eigenvalue weighted by molar-refractivity contribution is 5.91. The number of aromatic hydroxyl groups is 1. The molecule has 0 fully saturated rings. The minimum Gasteiger partial charge on any atom is -0.503 e. The molecule has 1 aromatic heterocycles. The first-order chi connectivity index (χ1) is 7.56. The maximum absolute atomic E-state index is 11.7. The van der Waals surface area contributed by atoms with Crippen molar-refractivity contribution in [3.63, 3.8) is 0 Å². The highest BCUT2D eigenvalue weighted by Crippen LogP contribution is 2.27. The van der Waals surface area contributed by atoms with E-state index in [-0.39, 0.29) is 11.6 Å². The van der Waals surface area contributed by atoms with Crippen molar-refractivity contribution in [1.29, 1.82) is 0 Å². The normalized spacial score (nSPS) is 18.2. The van der Waals surface area contributed by atoms with Crippen LogP contribution in [0.2, 0.25) is 0 Å². The number of pyridine rings is 1. The zero-order valence-corrected chi connectivity index (χ0v) is 9.19. The molecular formula is C11H13NO4. The molecule has 0 bridgehead atoms.